The lowest BCUT2D eigenvalue weighted by Crippen LogP contribution is -2.54. The highest BCUT2D eigenvalue weighted by molar-refractivity contribution is 5.14. The van der Waals surface area contributed by atoms with E-state index >= 15 is 0 Å². The van der Waals surface area contributed by atoms with E-state index in [-0.39, 0.29) is 48.1 Å². The van der Waals surface area contributed by atoms with Crippen LogP contribution < -0.4 is 0 Å². The minimum atomic E-state index is -0.394. The Kier molecular flexibility index (Phi) is 6.02. The van der Waals surface area contributed by atoms with Crippen molar-refractivity contribution in [3.05, 3.63) is 0 Å². The molecule has 2 saturated heterocycles. The average Bonchev–Trinajstić information content (AvgIpc) is 3.21. The summed E-state index contributed by atoms with van der Waals surface area (Å²) in [6.45, 7) is 10.6. The highest BCUT2D eigenvalue weighted by Gasteiger charge is 2.68. The highest BCUT2D eigenvalue weighted by Crippen LogP contribution is 2.69. The molecule has 0 amide bonds. The van der Waals surface area contributed by atoms with Crippen LogP contribution in [0.3, 0.4) is 0 Å². The van der Waals surface area contributed by atoms with Gasteiger partial charge in [0, 0.05) is 25.6 Å². The average molecular weight is 451 g/mol. The smallest absolute Gasteiger partial charge is 0.171 e. The molecule has 0 bridgehead atoms. The van der Waals surface area contributed by atoms with Crippen LogP contribution >= 0.6 is 0 Å². The lowest BCUT2D eigenvalue weighted by atomic mass is 9.48. The zero-order valence-corrected chi connectivity index (χ0v) is 20.6. The minimum Gasteiger partial charge on any atom is -0.396 e. The number of rotatable bonds is 3. The van der Waals surface area contributed by atoms with Crippen molar-refractivity contribution in [1.82, 2.24) is 0 Å². The maximum atomic E-state index is 10.7. The van der Waals surface area contributed by atoms with E-state index in [1.807, 2.05) is 0 Å². The molecule has 3 N–H and O–H groups in total. The van der Waals surface area contributed by atoms with Gasteiger partial charge in [0.1, 0.15) is 0 Å². The van der Waals surface area contributed by atoms with Crippen LogP contribution in [0.1, 0.15) is 79.1 Å². The van der Waals surface area contributed by atoms with Crippen LogP contribution in [0.4, 0.5) is 0 Å². The Hall–Kier alpha value is -0.200. The van der Waals surface area contributed by atoms with E-state index in [2.05, 4.69) is 27.7 Å². The molecular formula is C27H46O5. The summed E-state index contributed by atoms with van der Waals surface area (Å²) in [4.78, 5) is 0. The van der Waals surface area contributed by atoms with Crippen molar-refractivity contribution in [2.45, 2.75) is 97.1 Å². The summed E-state index contributed by atoms with van der Waals surface area (Å²) in [5.41, 5.74) is 0.153. The fraction of sp³-hybridized carbons (Fsp3) is 1.00. The van der Waals surface area contributed by atoms with E-state index < -0.39 is 5.79 Å². The molecule has 2 heterocycles. The topological polar surface area (TPSA) is 79.2 Å². The molecule has 5 nitrogen and oxygen atoms in total. The van der Waals surface area contributed by atoms with Crippen LogP contribution in [0.25, 0.3) is 0 Å². The largest absolute Gasteiger partial charge is 0.396 e. The van der Waals surface area contributed by atoms with E-state index in [0.717, 1.165) is 45.1 Å². The minimum absolute atomic E-state index is 0.0171. The molecule has 5 fully saturated rings. The van der Waals surface area contributed by atoms with Gasteiger partial charge in [0.05, 0.1) is 18.8 Å². The molecule has 0 aromatic rings. The molecular weight excluding hydrogens is 404 g/mol. The third-order valence-electron chi connectivity index (χ3n) is 11.5. The van der Waals surface area contributed by atoms with E-state index in [9.17, 15) is 15.3 Å². The van der Waals surface area contributed by atoms with Gasteiger partial charge in [-0.05, 0) is 91.3 Å². The van der Waals surface area contributed by atoms with Crippen molar-refractivity contribution < 1.29 is 24.8 Å². The van der Waals surface area contributed by atoms with Crippen molar-refractivity contribution in [2.24, 2.45) is 52.3 Å². The molecule has 184 valence electrons. The van der Waals surface area contributed by atoms with Crippen molar-refractivity contribution in [3.63, 3.8) is 0 Å². The van der Waals surface area contributed by atoms with Gasteiger partial charge >= 0.3 is 0 Å². The fourth-order valence-corrected chi connectivity index (χ4v) is 9.55. The lowest BCUT2D eigenvalue weighted by molar-refractivity contribution is -0.273. The van der Waals surface area contributed by atoms with Gasteiger partial charge in [0.2, 0.25) is 0 Å². The number of fused-ring (bicyclic) bond motifs is 3. The van der Waals surface area contributed by atoms with Gasteiger partial charge in [-0.25, -0.2) is 0 Å². The molecule has 32 heavy (non-hydrogen) atoms. The first-order valence-electron chi connectivity index (χ1n) is 13.4. The predicted molar refractivity (Wildman–Crippen MR) is 123 cm³/mol. The van der Waals surface area contributed by atoms with E-state index in [1.165, 1.54) is 6.42 Å². The Bertz CT molecular complexity index is 690. The Morgan fingerprint density at radius 3 is 2.28 bits per heavy atom. The Balaban J connectivity index is 1.40. The molecule has 0 aromatic carbocycles. The third-order valence-corrected chi connectivity index (χ3v) is 11.5. The number of hydrogen-bond acceptors (Lipinski definition) is 5. The van der Waals surface area contributed by atoms with Crippen LogP contribution in [0.2, 0.25) is 0 Å². The zero-order valence-electron chi connectivity index (χ0n) is 20.6. The first-order chi connectivity index (χ1) is 15.2. The summed E-state index contributed by atoms with van der Waals surface area (Å²) in [7, 11) is 0. The van der Waals surface area contributed by atoms with Gasteiger partial charge in [0.25, 0.3) is 0 Å². The Morgan fingerprint density at radius 2 is 1.62 bits per heavy atom. The van der Waals surface area contributed by atoms with Crippen molar-refractivity contribution in [1.29, 1.82) is 0 Å². The van der Waals surface area contributed by atoms with Crippen molar-refractivity contribution >= 4 is 0 Å². The van der Waals surface area contributed by atoms with E-state index in [1.54, 1.807) is 0 Å². The molecule has 3 aliphatic carbocycles. The maximum absolute atomic E-state index is 10.7. The van der Waals surface area contributed by atoms with Crippen LogP contribution in [-0.4, -0.2) is 53.1 Å². The van der Waals surface area contributed by atoms with E-state index in [0.29, 0.717) is 36.0 Å². The van der Waals surface area contributed by atoms with Crippen LogP contribution in [0.5, 0.6) is 0 Å². The van der Waals surface area contributed by atoms with Gasteiger partial charge in [0.15, 0.2) is 5.79 Å². The summed E-state index contributed by atoms with van der Waals surface area (Å²) in [5.74, 6) is 2.30. The first-order valence-corrected chi connectivity index (χ1v) is 13.4. The summed E-state index contributed by atoms with van der Waals surface area (Å²) >= 11 is 0. The summed E-state index contributed by atoms with van der Waals surface area (Å²) in [6.07, 6.45) is 7.85. The standard InChI is InChI=1S/C27H46O5/c1-16-5-10-27(31-15-16)17(2)24-23(32-27)12-22-20(14-29)21(7-9-26(22,24)4)25(3)8-6-19(30)11-18(25)13-28/h16-24,28-30H,5-15H2,1-4H3/t16?,17-,18+,19-,20+,21-,22-,23-,24-,25-,26-,27+/m0/s1. The molecule has 3 saturated carbocycles. The van der Waals surface area contributed by atoms with Crippen LogP contribution in [-0.2, 0) is 9.47 Å². The number of ether oxygens (including phenoxy) is 2. The van der Waals surface area contributed by atoms with E-state index in [4.69, 9.17) is 9.47 Å². The van der Waals surface area contributed by atoms with Gasteiger partial charge in [-0.15, -0.1) is 0 Å². The molecule has 1 spiro atoms. The fourth-order valence-electron chi connectivity index (χ4n) is 9.55. The first kappa shape index (κ1) is 23.5. The second-order valence-corrected chi connectivity index (χ2v) is 12.9. The molecule has 5 rings (SSSR count). The van der Waals surface area contributed by atoms with Gasteiger partial charge < -0.3 is 24.8 Å². The lowest BCUT2D eigenvalue weighted by Gasteiger charge is -2.57. The second kappa shape index (κ2) is 8.19. The summed E-state index contributed by atoms with van der Waals surface area (Å²) in [6, 6.07) is 0. The maximum Gasteiger partial charge on any atom is 0.171 e. The van der Waals surface area contributed by atoms with Crippen LogP contribution in [0.15, 0.2) is 0 Å². The highest BCUT2D eigenvalue weighted by atomic mass is 16.7. The SMILES string of the molecule is CC1CC[C@@]2(OC1)O[C@H]1C[C@H]3[C@H](CO)[C@@H]([C@@]4(C)CC[C@H](O)C[C@@H]4CO)CC[C@]3(C)[C@H]1[C@@H]2C. The predicted octanol–water partition coefficient (Wildman–Crippen LogP) is 3.98. The molecule has 0 radical (unpaired) electrons. The zero-order chi connectivity index (χ0) is 22.9. The molecule has 5 heteroatoms. The van der Waals surface area contributed by atoms with Gasteiger partial charge in [-0.3, -0.25) is 0 Å². The quantitative estimate of drug-likeness (QED) is 0.606. The van der Waals surface area contributed by atoms with Gasteiger partial charge in [-0.2, -0.15) is 0 Å². The molecule has 5 aliphatic rings. The summed E-state index contributed by atoms with van der Waals surface area (Å²) in [5, 5.41) is 31.1. The van der Waals surface area contributed by atoms with Crippen molar-refractivity contribution in [3.8, 4) is 0 Å². The second-order valence-electron chi connectivity index (χ2n) is 12.9. The molecule has 0 aromatic heterocycles. The normalized spacial score (nSPS) is 58.0. The Morgan fingerprint density at radius 1 is 0.875 bits per heavy atom. The Labute approximate surface area is 194 Å². The third kappa shape index (κ3) is 3.28. The van der Waals surface area contributed by atoms with Gasteiger partial charge in [-0.1, -0.05) is 27.7 Å². The summed E-state index contributed by atoms with van der Waals surface area (Å²) < 4.78 is 13.2. The number of aliphatic hydroxyl groups excluding tert-OH is 3. The number of aliphatic hydroxyl groups is 3. The molecule has 1 unspecified atom stereocenters. The molecule has 2 aliphatic heterocycles. The van der Waals surface area contributed by atoms with Crippen molar-refractivity contribution in [2.75, 3.05) is 19.8 Å². The molecule has 12 atom stereocenters. The monoisotopic (exact) mass is 450 g/mol. The number of hydrogen-bond donors (Lipinski definition) is 3. The van der Waals surface area contributed by atoms with Crippen LogP contribution in [0, 0.1) is 52.3 Å².